The van der Waals surface area contributed by atoms with E-state index in [1.807, 2.05) is 20.8 Å². The van der Waals surface area contributed by atoms with E-state index in [9.17, 15) is 9.59 Å². The molecular weight excluding hydrogens is 278 g/mol. The Morgan fingerprint density at radius 1 is 1.55 bits per heavy atom. The van der Waals surface area contributed by atoms with Gasteiger partial charge >= 0.3 is 12.0 Å². The molecule has 0 aliphatic carbocycles. The van der Waals surface area contributed by atoms with E-state index in [0.29, 0.717) is 11.6 Å². The predicted octanol–water partition coefficient (Wildman–Crippen LogP) is 2.34. The average molecular weight is 297 g/mol. The summed E-state index contributed by atoms with van der Waals surface area (Å²) in [6.07, 6.45) is 1.66. The van der Waals surface area contributed by atoms with Gasteiger partial charge in [-0.05, 0) is 20.8 Å². The SMILES string of the molecule is C=CCN(C(=O)NCc1nc(C(=O)O)cs1)C(C)(C)C. The maximum atomic E-state index is 12.1. The van der Waals surface area contributed by atoms with Crippen LogP contribution < -0.4 is 5.32 Å². The van der Waals surface area contributed by atoms with Gasteiger partial charge < -0.3 is 15.3 Å². The van der Waals surface area contributed by atoms with Gasteiger partial charge in [0.15, 0.2) is 5.69 Å². The fourth-order valence-electron chi connectivity index (χ4n) is 1.53. The molecule has 2 amide bonds. The molecule has 110 valence electrons. The molecule has 0 fully saturated rings. The number of aromatic carboxylic acids is 1. The molecule has 1 heterocycles. The van der Waals surface area contributed by atoms with Crippen LogP contribution in [0.1, 0.15) is 36.3 Å². The zero-order chi connectivity index (χ0) is 15.3. The van der Waals surface area contributed by atoms with Gasteiger partial charge in [0.2, 0.25) is 0 Å². The van der Waals surface area contributed by atoms with Crippen LogP contribution in [0.25, 0.3) is 0 Å². The minimum atomic E-state index is -1.07. The van der Waals surface area contributed by atoms with E-state index in [0.717, 1.165) is 0 Å². The molecule has 20 heavy (non-hydrogen) atoms. The van der Waals surface area contributed by atoms with Crippen molar-refractivity contribution in [2.45, 2.75) is 32.9 Å². The number of carbonyl (C=O) groups excluding carboxylic acids is 1. The molecule has 1 aromatic heterocycles. The van der Waals surface area contributed by atoms with Crippen LogP contribution in [-0.4, -0.2) is 39.1 Å². The Morgan fingerprint density at radius 3 is 2.65 bits per heavy atom. The number of carboxylic acids is 1. The van der Waals surface area contributed by atoms with E-state index < -0.39 is 5.97 Å². The average Bonchev–Trinajstić information content (AvgIpc) is 2.80. The number of nitrogens with zero attached hydrogens (tertiary/aromatic N) is 2. The lowest BCUT2D eigenvalue weighted by Crippen LogP contribution is -2.50. The number of carbonyl (C=O) groups is 2. The van der Waals surface area contributed by atoms with Gasteiger partial charge in [-0.15, -0.1) is 17.9 Å². The van der Waals surface area contributed by atoms with Gasteiger partial charge in [-0.3, -0.25) is 0 Å². The maximum Gasteiger partial charge on any atom is 0.355 e. The van der Waals surface area contributed by atoms with E-state index in [1.165, 1.54) is 16.7 Å². The Bertz CT molecular complexity index is 505. The molecule has 0 saturated carbocycles. The number of aromatic nitrogens is 1. The number of hydrogen-bond donors (Lipinski definition) is 2. The number of amides is 2. The summed E-state index contributed by atoms with van der Waals surface area (Å²) >= 11 is 1.21. The summed E-state index contributed by atoms with van der Waals surface area (Å²) in [6, 6.07) is -0.232. The Balaban J connectivity index is 2.64. The van der Waals surface area contributed by atoms with Crippen molar-refractivity contribution in [2.24, 2.45) is 0 Å². The third-order valence-corrected chi connectivity index (χ3v) is 3.38. The topological polar surface area (TPSA) is 82.5 Å². The van der Waals surface area contributed by atoms with E-state index >= 15 is 0 Å². The minimum absolute atomic E-state index is 0.00184. The molecule has 0 radical (unpaired) electrons. The van der Waals surface area contributed by atoms with Crippen LogP contribution in [0.4, 0.5) is 4.79 Å². The number of rotatable bonds is 5. The number of nitrogens with one attached hydrogen (secondary N) is 1. The molecular formula is C13H19N3O3S. The van der Waals surface area contributed by atoms with Gasteiger partial charge in [0.1, 0.15) is 5.01 Å². The molecule has 1 aromatic rings. The molecule has 0 saturated heterocycles. The smallest absolute Gasteiger partial charge is 0.355 e. The second-order valence-electron chi connectivity index (χ2n) is 5.16. The third kappa shape index (κ3) is 4.34. The Labute approximate surface area is 122 Å². The number of urea groups is 1. The van der Waals surface area contributed by atoms with Crippen LogP contribution in [0, 0.1) is 0 Å². The van der Waals surface area contributed by atoms with Crippen molar-refractivity contribution in [2.75, 3.05) is 6.54 Å². The molecule has 1 rings (SSSR count). The van der Waals surface area contributed by atoms with Crippen molar-refractivity contribution in [3.63, 3.8) is 0 Å². The summed E-state index contributed by atoms with van der Waals surface area (Å²) < 4.78 is 0. The van der Waals surface area contributed by atoms with Crippen molar-refractivity contribution in [1.82, 2.24) is 15.2 Å². The maximum absolute atomic E-state index is 12.1. The largest absolute Gasteiger partial charge is 0.476 e. The Morgan fingerprint density at radius 2 is 2.20 bits per heavy atom. The summed E-state index contributed by atoms with van der Waals surface area (Å²) in [5, 5.41) is 13.5. The van der Waals surface area contributed by atoms with Gasteiger partial charge in [-0.2, -0.15) is 0 Å². The Hall–Kier alpha value is -1.89. The lowest BCUT2D eigenvalue weighted by atomic mass is 10.1. The number of carboxylic acid groups (broad SMARTS) is 1. The van der Waals surface area contributed by atoms with Crippen molar-refractivity contribution < 1.29 is 14.7 Å². The zero-order valence-corrected chi connectivity index (χ0v) is 12.7. The van der Waals surface area contributed by atoms with E-state index in [1.54, 1.807) is 11.0 Å². The van der Waals surface area contributed by atoms with Crippen LogP contribution in [0.3, 0.4) is 0 Å². The molecule has 0 spiro atoms. The molecule has 0 aliphatic rings. The lowest BCUT2D eigenvalue weighted by molar-refractivity contribution is 0.0691. The van der Waals surface area contributed by atoms with Crippen molar-refractivity contribution in [1.29, 1.82) is 0 Å². The van der Waals surface area contributed by atoms with Crippen LogP contribution >= 0.6 is 11.3 Å². The van der Waals surface area contributed by atoms with Crippen molar-refractivity contribution in [3.8, 4) is 0 Å². The highest BCUT2D eigenvalue weighted by Crippen LogP contribution is 2.14. The summed E-state index contributed by atoms with van der Waals surface area (Å²) in [7, 11) is 0. The first-order valence-electron chi connectivity index (χ1n) is 6.09. The number of thiazole rings is 1. The van der Waals surface area contributed by atoms with Gasteiger partial charge in [0.25, 0.3) is 0 Å². The van der Waals surface area contributed by atoms with Gasteiger partial charge in [0.05, 0.1) is 6.54 Å². The van der Waals surface area contributed by atoms with Crippen molar-refractivity contribution >= 4 is 23.3 Å². The van der Waals surface area contributed by atoms with Crippen LogP contribution in [0.5, 0.6) is 0 Å². The molecule has 0 bridgehead atoms. The highest BCUT2D eigenvalue weighted by molar-refractivity contribution is 7.09. The second kappa shape index (κ2) is 6.51. The van der Waals surface area contributed by atoms with Gasteiger partial charge in [-0.25, -0.2) is 14.6 Å². The summed E-state index contributed by atoms with van der Waals surface area (Å²) in [5.74, 6) is -1.07. The highest BCUT2D eigenvalue weighted by Gasteiger charge is 2.25. The minimum Gasteiger partial charge on any atom is -0.476 e. The van der Waals surface area contributed by atoms with E-state index in [4.69, 9.17) is 5.11 Å². The monoisotopic (exact) mass is 297 g/mol. The van der Waals surface area contributed by atoms with Gasteiger partial charge in [0, 0.05) is 17.5 Å². The zero-order valence-electron chi connectivity index (χ0n) is 11.8. The van der Waals surface area contributed by atoms with Crippen molar-refractivity contribution in [3.05, 3.63) is 28.7 Å². The molecule has 0 aromatic carbocycles. The van der Waals surface area contributed by atoms with E-state index in [2.05, 4.69) is 16.9 Å². The lowest BCUT2D eigenvalue weighted by Gasteiger charge is -2.34. The van der Waals surface area contributed by atoms with Gasteiger partial charge in [-0.1, -0.05) is 6.08 Å². The van der Waals surface area contributed by atoms with Crippen LogP contribution in [0.15, 0.2) is 18.0 Å². The Kier molecular flexibility index (Phi) is 5.26. The highest BCUT2D eigenvalue weighted by atomic mass is 32.1. The molecule has 6 nitrogen and oxygen atoms in total. The predicted molar refractivity (Wildman–Crippen MR) is 78.0 cm³/mol. The standard InChI is InChI=1S/C13H19N3O3S/c1-5-6-16(13(2,3)4)12(19)14-7-10-15-9(8-20-10)11(17)18/h5,8H,1,6-7H2,2-4H3,(H,14,19)(H,17,18). The molecule has 2 N–H and O–H groups in total. The first-order chi connectivity index (χ1) is 9.25. The summed E-state index contributed by atoms with van der Waals surface area (Å²) in [5.41, 5.74) is -0.328. The normalized spacial score (nSPS) is 10.9. The summed E-state index contributed by atoms with van der Waals surface area (Å²) in [6.45, 7) is 10.1. The molecule has 0 unspecified atom stereocenters. The fourth-order valence-corrected chi connectivity index (χ4v) is 2.24. The number of hydrogen-bond acceptors (Lipinski definition) is 4. The first kappa shape index (κ1) is 16.2. The summed E-state index contributed by atoms with van der Waals surface area (Å²) in [4.78, 5) is 28.4. The third-order valence-electron chi connectivity index (χ3n) is 2.53. The van der Waals surface area contributed by atoms with Crippen LogP contribution in [-0.2, 0) is 6.54 Å². The molecule has 7 heteroatoms. The molecule has 0 atom stereocenters. The van der Waals surface area contributed by atoms with E-state index in [-0.39, 0.29) is 23.8 Å². The van der Waals surface area contributed by atoms with Crippen LogP contribution in [0.2, 0.25) is 0 Å². The molecule has 0 aliphatic heterocycles. The first-order valence-corrected chi connectivity index (χ1v) is 6.97. The second-order valence-corrected chi connectivity index (χ2v) is 6.10. The fraction of sp³-hybridized carbons (Fsp3) is 0.462. The quantitative estimate of drug-likeness (QED) is 0.817.